The number of rotatable bonds is 3. The molecule has 0 aliphatic heterocycles. The van der Waals surface area contributed by atoms with Crippen molar-refractivity contribution in [2.75, 3.05) is 5.32 Å². The Labute approximate surface area is 98.5 Å². The Morgan fingerprint density at radius 2 is 1.93 bits per heavy atom. The van der Waals surface area contributed by atoms with Gasteiger partial charge in [-0.1, -0.05) is 30.1 Å². The molecule has 0 aromatic heterocycles. The Kier molecular flexibility index (Phi) is 4.39. The first-order chi connectivity index (χ1) is 7.02. The molecule has 0 saturated heterocycles. The van der Waals surface area contributed by atoms with Crippen LogP contribution in [0.5, 0.6) is 0 Å². The van der Waals surface area contributed by atoms with Crippen molar-refractivity contribution in [1.82, 2.24) is 0 Å². The molecule has 0 radical (unpaired) electrons. The maximum atomic E-state index is 11.4. The van der Waals surface area contributed by atoms with Gasteiger partial charge in [0.05, 0.1) is 6.04 Å². The second kappa shape index (κ2) is 5.35. The molecular formula is C10H12Cl2N2O. The molecule has 0 spiro atoms. The number of benzene rings is 1. The van der Waals surface area contributed by atoms with Gasteiger partial charge in [-0.15, -0.1) is 0 Å². The fourth-order valence-electron chi connectivity index (χ4n) is 1.05. The molecule has 5 heteroatoms. The van der Waals surface area contributed by atoms with E-state index in [9.17, 15) is 4.79 Å². The minimum atomic E-state index is -0.511. The molecule has 15 heavy (non-hydrogen) atoms. The molecule has 0 saturated carbocycles. The number of hydrogen-bond acceptors (Lipinski definition) is 2. The Bertz CT molecular complexity index is 348. The monoisotopic (exact) mass is 246 g/mol. The molecule has 1 atom stereocenters. The molecule has 0 aliphatic carbocycles. The van der Waals surface area contributed by atoms with Crippen molar-refractivity contribution < 1.29 is 4.79 Å². The molecule has 1 rings (SSSR count). The van der Waals surface area contributed by atoms with Gasteiger partial charge in [0.15, 0.2) is 0 Å². The number of nitrogens with one attached hydrogen (secondary N) is 1. The second-order valence-corrected chi connectivity index (χ2v) is 4.03. The van der Waals surface area contributed by atoms with E-state index in [1.807, 2.05) is 6.92 Å². The van der Waals surface area contributed by atoms with E-state index < -0.39 is 6.04 Å². The van der Waals surface area contributed by atoms with Crippen LogP contribution in [0.4, 0.5) is 5.69 Å². The quantitative estimate of drug-likeness (QED) is 0.862. The van der Waals surface area contributed by atoms with Crippen molar-refractivity contribution in [3.63, 3.8) is 0 Å². The Balaban J connectivity index is 2.76. The molecule has 82 valence electrons. The van der Waals surface area contributed by atoms with E-state index in [0.717, 1.165) is 0 Å². The van der Waals surface area contributed by atoms with Crippen LogP contribution in [0, 0.1) is 0 Å². The van der Waals surface area contributed by atoms with E-state index in [-0.39, 0.29) is 5.91 Å². The summed E-state index contributed by atoms with van der Waals surface area (Å²) < 4.78 is 0. The van der Waals surface area contributed by atoms with Crippen molar-refractivity contribution in [3.05, 3.63) is 28.2 Å². The van der Waals surface area contributed by atoms with E-state index in [2.05, 4.69) is 5.32 Å². The predicted octanol–water partition coefficient (Wildman–Crippen LogP) is 2.67. The van der Waals surface area contributed by atoms with E-state index >= 15 is 0 Å². The zero-order valence-corrected chi connectivity index (χ0v) is 9.77. The summed E-state index contributed by atoms with van der Waals surface area (Å²) in [6.45, 7) is 1.84. The SMILES string of the molecule is CC[C@@H](N)C(=O)Nc1cc(Cl)cc(Cl)c1. The lowest BCUT2D eigenvalue weighted by molar-refractivity contribution is -0.117. The third kappa shape index (κ3) is 3.70. The van der Waals surface area contributed by atoms with E-state index in [1.165, 1.54) is 0 Å². The minimum Gasteiger partial charge on any atom is -0.325 e. The highest BCUT2D eigenvalue weighted by Gasteiger charge is 2.11. The molecule has 3 nitrogen and oxygen atoms in total. The van der Waals surface area contributed by atoms with Gasteiger partial charge in [-0.3, -0.25) is 4.79 Å². The van der Waals surface area contributed by atoms with Crippen LogP contribution in [0.3, 0.4) is 0 Å². The number of carbonyl (C=O) groups is 1. The third-order valence-corrected chi connectivity index (χ3v) is 2.34. The molecule has 0 aliphatic rings. The van der Waals surface area contributed by atoms with E-state index in [0.29, 0.717) is 22.2 Å². The minimum absolute atomic E-state index is 0.240. The number of halogens is 2. The molecule has 1 aromatic carbocycles. The lowest BCUT2D eigenvalue weighted by Crippen LogP contribution is -2.34. The Hall–Kier alpha value is -0.770. The molecule has 0 unspecified atom stereocenters. The van der Waals surface area contributed by atoms with Crippen LogP contribution >= 0.6 is 23.2 Å². The van der Waals surface area contributed by atoms with Crippen LogP contribution in [0.25, 0.3) is 0 Å². The van der Waals surface area contributed by atoms with Crippen molar-refractivity contribution in [2.45, 2.75) is 19.4 Å². The largest absolute Gasteiger partial charge is 0.325 e. The first-order valence-electron chi connectivity index (χ1n) is 4.55. The van der Waals surface area contributed by atoms with Gasteiger partial charge in [-0.2, -0.15) is 0 Å². The zero-order valence-electron chi connectivity index (χ0n) is 8.26. The third-order valence-electron chi connectivity index (χ3n) is 1.91. The first-order valence-corrected chi connectivity index (χ1v) is 5.31. The molecule has 0 bridgehead atoms. The highest BCUT2D eigenvalue weighted by atomic mass is 35.5. The van der Waals surface area contributed by atoms with Crippen LogP contribution in [0.2, 0.25) is 10.0 Å². The smallest absolute Gasteiger partial charge is 0.241 e. The van der Waals surface area contributed by atoms with Gasteiger partial charge in [0.25, 0.3) is 0 Å². The summed E-state index contributed by atoms with van der Waals surface area (Å²) in [5.41, 5.74) is 6.12. The van der Waals surface area contributed by atoms with Gasteiger partial charge >= 0.3 is 0 Å². The normalized spacial score (nSPS) is 12.3. The average Bonchev–Trinajstić information content (AvgIpc) is 2.14. The number of carbonyl (C=O) groups excluding carboxylic acids is 1. The maximum Gasteiger partial charge on any atom is 0.241 e. The number of hydrogen-bond donors (Lipinski definition) is 2. The molecule has 1 amide bonds. The first kappa shape index (κ1) is 12.3. The Morgan fingerprint density at radius 1 is 1.40 bits per heavy atom. The summed E-state index contributed by atoms with van der Waals surface area (Å²) >= 11 is 11.6. The number of nitrogens with two attached hydrogens (primary N) is 1. The van der Waals surface area contributed by atoms with Crippen LogP contribution in [0.15, 0.2) is 18.2 Å². The molecule has 0 fully saturated rings. The van der Waals surface area contributed by atoms with Crippen LogP contribution in [-0.2, 0) is 4.79 Å². The summed E-state index contributed by atoms with van der Waals surface area (Å²) in [6, 6.07) is 4.32. The summed E-state index contributed by atoms with van der Waals surface area (Å²) in [6.07, 6.45) is 0.583. The highest BCUT2D eigenvalue weighted by Crippen LogP contribution is 2.22. The second-order valence-electron chi connectivity index (χ2n) is 3.16. The van der Waals surface area contributed by atoms with E-state index in [4.69, 9.17) is 28.9 Å². The number of anilines is 1. The summed E-state index contributed by atoms with van der Waals surface area (Å²) in [7, 11) is 0. The topological polar surface area (TPSA) is 55.1 Å². The Morgan fingerprint density at radius 3 is 2.40 bits per heavy atom. The molecule has 3 N–H and O–H groups in total. The van der Waals surface area contributed by atoms with Gasteiger partial charge in [0.2, 0.25) is 5.91 Å². The summed E-state index contributed by atoms with van der Waals surface area (Å²) in [5, 5.41) is 3.59. The van der Waals surface area contributed by atoms with Crippen LogP contribution in [0.1, 0.15) is 13.3 Å². The highest BCUT2D eigenvalue weighted by molar-refractivity contribution is 6.35. The lowest BCUT2D eigenvalue weighted by atomic mass is 10.2. The summed E-state index contributed by atoms with van der Waals surface area (Å²) in [5.74, 6) is -0.240. The molecular weight excluding hydrogens is 235 g/mol. The van der Waals surface area contributed by atoms with Crippen molar-refractivity contribution in [3.8, 4) is 0 Å². The fourth-order valence-corrected chi connectivity index (χ4v) is 1.57. The average molecular weight is 247 g/mol. The van der Waals surface area contributed by atoms with Crippen molar-refractivity contribution in [2.24, 2.45) is 5.73 Å². The summed E-state index contributed by atoms with van der Waals surface area (Å²) in [4.78, 5) is 11.4. The maximum absolute atomic E-state index is 11.4. The van der Waals surface area contributed by atoms with Crippen LogP contribution < -0.4 is 11.1 Å². The van der Waals surface area contributed by atoms with Gasteiger partial charge in [0, 0.05) is 15.7 Å². The van der Waals surface area contributed by atoms with E-state index in [1.54, 1.807) is 18.2 Å². The van der Waals surface area contributed by atoms with Gasteiger partial charge in [-0.25, -0.2) is 0 Å². The number of amides is 1. The standard InChI is InChI=1S/C10H12Cl2N2O/c1-2-9(13)10(15)14-8-4-6(11)3-7(12)5-8/h3-5,9H,2,13H2,1H3,(H,14,15)/t9-/m1/s1. The van der Waals surface area contributed by atoms with Gasteiger partial charge < -0.3 is 11.1 Å². The van der Waals surface area contributed by atoms with Gasteiger partial charge in [0.1, 0.15) is 0 Å². The fraction of sp³-hybridized carbons (Fsp3) is 0.300. The van der Waals surface area contributed by atoms with Crippen molar-refractivity contribution in [1.29, 1.82) is 0 Å². The lowest BCUT2D eigenvalue weighted by Gasteiger charge is -2.10. The molecule has 0 heterocycles. The van der Waals surface area contributed by atoms with Crippen LogP contribution in [-0.4, -0.2) is 11.9 Å². The van der Waals surface area contributed by atoms with Crippen molar-refractivity contribution >= 4 is 34.8 Å². The predicted molar refractivity (Wildman–Crippen MR) is 63.4 cm³/mol. The van der Waals surface area contributed by atoms with Gasteiger partial charge in [-0.05, 0) is 24.6 Å². The zero-order chi connectivity index (χ0) is 11.4. The molecule has 1 aromatic rings.